The van der Waals surface area contributed by atoms with Crippen molar-refractivity contribution < 1.29 is 14.7 Å². The van der Waals surface area contributed by atoms with Crippen LogP contribution in [0.1, 0.15) is 37.2 Å². The molecule has 3 rings (SSSR count). The van der Waals surface area contributed by atoms with Crippen LogP contribution in [-0.4, -0.2) is 35.0 Å². The molecule has 1 saturated heterocycles. The van der Waals surface area contributed by atoms with E-state index in [1.54, 1.807) is 4.90 Å². The molecular formula is C16H18BrNO3. The van der Waals surface area contributed by atoms with Gasteiger partial charge in [-0.05, 0) is 49.3 Å². The maximum Gasteiger partial charge on any atom is 0.319 e. The number of amides is 1. The van der Waals surface area contributed by atoms with Crippen molar-refractivity contribution in [2.45, 2.75) is 31.6 Å². The molecule has 1 N–H and O–H groups in total. The third-order valence-corrected chi connectivity index (χ3v) is 5.22. The van der Waals surface area contributed by atoms with Gasteiger partial charge in [0, 0.05) is 17.6 Å². The van der Waals surface area contributed by atoms with Crippen molar-refractivity contribution in [3.05, 3.63) is 34.3 Å². The Morgan fingerprint density at radius 1 is 1.14 bits per heavy atom. The van der Waals surface area contributed by atoms with Crippen LogP contribution in [0, 0.1) is 5.41 Å². The Morgan fingerprint density at radius 3 is 2.19 bits per heavy atom. The van der Waals surface area contributed by atoms with Crippen LogP contribution in [0.25, 0.3) is 0 Å². The minimum Gasteiger partial charge on any atom is -0.480 e. The summed E-state index contributed by atoms with van der Waals surface area (Å²) in [5, 5.41) is 9.21. The largest absolute Gasteiger partial charge is 0.480 e. The van der Waals surface area contributed by atoms with E-state index in [9.17, 15) is 14.7 Å². The highest BCUT2D eigenvalue weighted by Gasteiger charge is 2.58. The van der Waals surface area contributed by atoms with Crippen molar-refractivity contribution in [3.8, 4) is 0 Å². The fourth-order valence-corrected chi connectivity index (χ4v) is 3.36. The molecule has 1 amide bonds. The molecule has 1 saturated carbocycles. The Kier molecular flexibility index (Phi) is 3.78. The molecule has 4 nitrogen and oxygen atoms in total. The van der Waals surface area contributed by atoms with E-state index in [2.05, 4.69) is 28.1 Å². The molecule has 1 heterocycles. The highest BCUT2D eigenvalue weighted by molar-refractivity contribution is 9.10. The van der Waals surface area contributed by atoms with Gasteiger partial charge in [0.1, 0.15) is 5.41 Å². The average molecular weight is 352 g/mol. The third kappa shape index (κ3) is 2.71. The molecule has 0 unspecified atom stereocenters. The Labute approximate surface area is 132 Å². The second-order valence-electron chi connectivity index (χ2n) is 6.01. The van der Waals surface area contributed by atoms with Crippen molar-refractivity contribution in [1.82, 2.24) is 4.90 Å². The summed E-state index contributed by atoms with van der Waals surface area (Å²) in [5.74, 6) is -0.672. The summed E-state index contributed by atoms with van der Waals surface area (Å²) in [6.45, 7) is 1.32. The zero-order chi connectivity index (χ0) is 15.0. The van der Waals surface area contributed by atoms with E-state index < -0.39 is 11.4 Å². The van der Waals surface area contributed by atoms with Crippen LogP contribution in [0.5, 0.6) is 0 Å². The fourth-order valence-electron chi connectivity index (χ4n) is 3.10. The topological polar surface area (TPSA) is 57.6 Å². The molecule has 1 aromatic carbocycles. The lowest BCUT2D eigenvalue weighted by Crippen LogP contribution is -2.44. The molecule has 21 heavy (non-hydrogen) atoms. The number of hydrogen-bond acceptors (Lipinski definition) is 2. The number of likely N-dealkylation sites (tertiary alicyclic amines) is 1. The number of rotatable bonds is 3. The first-order valence-corrected chi connectivity index (χ1v) is 8.10. The molecule has 1 aliphatic heterocycles. The number of carboxylic acid groups (broad SMARTS) is 1. The standard InChI is InChI=1S/C16H18BrNO3/c17-13-3-1-11(2-4-13)12-5-9-18(10-6-12)14(19)16(7-8-16)15(20)21/h1-4,12H,5-10H2,(H,20,21). The number of carbonyl (C=O) groups is 2. The van der Waals surface area contributed by atoms with Crippen LogP contribution in [0.15, 0.2) is 28.7 Å². The van der Waals surface area contributed by atoms with Gasteiger partial charge in [-0.25, -0.2) is 0 Å². The van der Waals surface area contributed by atoms with Crippen molar-refractivity contribution in [2.75, 3.05) is 13.1 Å². The summed E-state index contributed by atoms with van der Waals surface area (Å²) in [6, 6.07) is 8.31. The van der Waals surface area contributed by atoms with E-state index in [0.29, 0.717) is 31.8 Å². The summed E-state index contributed by atoms with van der Waals surface area (Å²) < 4.78 is 1.07. The molecule has 1 aromatic rings. The number of hydrogen-bond donors (Lipinski definition) is 1. The lowest BCUT2D eigenvalue weighted by molar-refractivity contribution is -0.153. The molecular weight excluding hydrogens is 334 g/mol. The lowest BCUT2D eigenvalue weighted by atomic mass is 9.89. The number of carboxylic acids is 1. The second kappa shape index (κ2) is 5.44. The van der Waals surface area contributed by atoms with Crippen LogP contribution in [0.2, 0.25) is 0 Å². The van der Waals surface area contributed by atoms with Gasteiger partial charge in [0.2, 0.25) is 5.91 Å². The average Bonchev–Trinajstić information content (AvgIpc) is 3.29. The predicted octanol–water partition coefficient (Wildman–Crippen LogP) is 3.02. The number of carbonyl (C=O) groups excluding carboxylic acids is 1. The van der Waals surface area contributed by atoms with E-state index in [4.69, 9.17) is 0 Å². The van der Waals surface area contributed by atoms with Gasteiger partial charge in [-0.2, -0.15) is 0 Å². The zero-order valence-electron chi connectivity index (χ0n) is 11.7. The molecule has 0 aromatic heterocycles. The van der Waals surface area contributed by atoms with Gasteiger partial charge in [-0.15, -0.1) is 0 Å². The Bertz CT molecular complexity index is 557. The molecule has 2 aliphatic rings. The van der Waals surface area contributed by atoms with Crippen LogP contribution < -0.4 is 0 Å². The summed E-state index contributed by atoms with van der Waals surface area (Å²) in [5.41, 5.74) is 0.203. The minimum atomic E-state index is -1.09. The molecule has 0 spiro atoms. The summed E-state index contributed by atoms with van der Waals surface area (Å²) in [7, 11) is 0. The maximum absolute atomic E-state index is 12.4. The van der Waals surface area contributed by atoms with Crippen LogP contribution in [0.3, 0.4) is 0 Å². The molecule has 0 atom stereocenters. The van der Waals surface area contributed by atoms with Gasteiger partial charge in [0.05, 0.1) is 0 Å². The Hall–Kier alpha value is -1.36. The highest BCUT2D eigenvalue weighted by Crippen LogP contribution is 2.48. The fraction of sp³-hybridized carbons (Fsp3) is 0.500. The lowest BCUT2D eigenvalue weighted by Gasteiger charge is -2.33. The summed E-state index contributed by atoms with van der Waals surface area (Å²) in [6.07, 6.45) is 2.80. The number of benzene rings is 1. The van der Waals surface area contributed by atoms with Gasteiger partial charge >= 0.3 is 5.97 Å². The molecule has 5 heteroatoms. The van der Waals surface area contributed by atoms with Gasteiger partial charge in [0.25, 0.3) is 0 Å². The quantitative estimate of drug-likeness (QED) is 0.851. The van der Waals surface area contributed by atoms with E-state index in [1.165, 1.54) is 5.56 Å². The van der Waals surface area contributed by atoms with Gasteiger partial charge < -0.3 is 10.0 Å². The number of piperidine rings is 1. The Balaban J connectivity index is 1.62. The SMILES string of the molecule is O=C(O)C1(C(=O)N2CCC(c3ccc(Br)cc3)CC2)CC1. The van der Waals surface area contributed by atoms with Gasteiger partial charge in [-0.3, -0.25) is 9.59 Å². The van der Waals surface area contributed by atoms with Crippen molar-refractivity contribution >= 4 is 27.8 Å². The molecule has 112 valence electrons. The van der Waals surface area contributed by atoms with Crippen molar-refractivity contribution in [3.63, 3.8) is 0 Å². The van der Waals surface area contributed by atoms with E-state index >= 15 is 0 Å². The molecule has 2 fully saturated rings. The van der Waals surface area contributed by atoms with Crippen molar-refractivity contribution in [2.24, 2.45) is 5.41 Å². The second-order valence-corrected chi connectivity index (χ2v) is 6.92. The van der Waals surface area contributed by atoms with Crippen LogP contribution in [0.4, 0.5) is 0 Å². The van der Waals surface area contributed by atoms with Crippen LogP contribution >= 0.6 is 15.9 Å². The first-order valence-electron chi connectivity index (χ1n) is 7.31. The molecule has 0 radical (unpaired) electrons. The van der Waals surface area contributed by atoms with E-state index in [0.717, 1.165) is 17.3 Å². The van der Waals surface area contributed by atoms with Gasteiger partial charge in [-0.1, -0.05) is 28.1 Å². The summed E-state index contributed by atoms with van der Waals surface area (Å²) >= 11 is 3.43. The number of nitrogens with zero attached hydrogens (tertiary/aromatic N) is 1. The summed E-state index contributed by atoms with van der Waals surface area (Å²) in [4.78, 5) is 25.3. The minimum absolute atomic E-state index is 0.177. The maximum atomic E-state index is 12.4. The molecule has 0 bridgehead atoms. The smallest absolute Gasteiger partial charge is 0.319 e. The first kappa shape index (κ1) is 14.6. The molecule has 1 aliphatic carbocycles. The van der Waals surface area contributed by atoms with E-state index in [1.807, 2.05) is 12.1 Å². The highest BCUT2D eigenvalue weighted by atomic mass is 79.9. The zero-order valence-corrected chi connectivity index (χ0v) is 13.3. The first-order chi connectivity index (χ1) is 10.0. The third-order valence-electron chi connectivity index (χ3n) is 4.69. The van der Waals surface area contributed by atoms with Gasteiger partial charge in [0.15, 0.2) is 0 Å². The monoisotopic (exact) mass is 351 g/mol. The number of aliphatic carboxylic acids is 1. The number of halogens is 1. The Morgan fingerprint density at radius 2 is 1.71 bits per heavy atom. The van der Waals surface area contributed by atoms with E-state index in [-0.39, 0.29) is 5.91 Å². The predicted molar refractivity (Wildman–Crippen MR) is 82.0 cm³/mol. The normalized spacial score (nSPS) is 21.1. The van der Waals surface area contributed by atoms with Crippen molar-refractivity contribution in [1.29, 1.82) is 0 Å². The van der Waals surface area contributed by atoms with Crippen LogP contribution in [-0.2, 0) is 9.59 Å².